The van der Waals surface area contributed by atoms with E-state index >= 15 is 0 Å². The van der Waals surface area contributed by atoms with E-state index in [1.165, 1.54) is 5.56 Å². The average molecular weight is 439 g/mol. The fourth-order valence-electron chi connectivity index (χ4n) is 3.16. The average Bonchev–Trinajstić information content (AvgIpc) is 2.73. The molecule has 2 N–H and O–H groups in total. The molecule has 0 aliphatic rings. The summed E-state index contributed by atoms with van der Waals surface area (Å²) < 4.78 is 5.01. The van der Waals surface area contributed by atoms with Crippen molar-refractivity contribution in [2.24, 2.45) is 0 Å². The quantitative estimate of drug-likeness (QED) is 0.370. The lowest BCUT2D eigenvalue weighted by atomic mass is 9.95. The second kappa shape index (κ2) is 10.2. The number of carbonyl (C=O) groups is 1. The van der Waals surface area contributed by atoms with Crippen molar-refractivity contribution in [3.8, 4) is 0 Å². The molecule has 30 heavy (non-hydrogen) atoms. The highest BCUT2D eigenvalue weighted by molar-refractivity contribution is 7.80. The molecule has 3 rings (SSSR count). The van der Waals surface area contributed by atoms with Crippen LogP contribution in [-0.2, 0) is 4.74 Å². The molecule has 4 nitrogen and oxygen atoms in total. The summed E-state index contributed by atoms with van der Waals surface area (Å²) in [5, 5.41) is 7.31. The number of thiocarbonyl (C=S) groups is 1. The van der Waals surface area contributed by atoms with Crippen LogP contribution >= 0.6 is 23.8 Å². The van der Waals surface area contributed by atoms with Gasteiger partial charge in [-0.3, -0.25) is 0 Å². The largest absolute Gasteiger partial charge is 0.462 e. The van der Waals surface area contributed by atoms with Gasteiger partial charge in [0.25, 0.3) is 0 Å². The van der Waals surface area contributed by atoms with Crippen LogP contribution in [0.2, 0.25) is 5.02 Å². The number of nitrogens with one attached hydrogen (secondary N) is 2. The van der Waals surface area contributed by atoms with Crippen molar-refractivity contribution in [3.63, 3.8) is 0 Å². The topological polar surface area (TPSA) is 50.4 Å². The number of hydrogen-bond donors (Lipinski definition) is 2. The van der Waals surface area contributed by atoms with E-state index in [9.17, 15) is 4.79 Å². The summed E-state index contributed by atoms with van der Waals surface area (Å²) in [4.78, 5) is 11.9. The third-order valence-electron chi connectivity index (χ3n) is 4.63. The Morgan fingerprint density at radius 3 is 2.43 bits per heavy atom. The van der Waals surface area contributed by atoms with Crippen molar-refractivity contribution in [1.29, 1.82) is 0 Å². The number of aryl methyl sites for hydroxylation is 1. The molecule has 6 heteroatoms. The summed E-state index contributed by atoms with van der Waals surface area (Å²) >= 11 is 11.8. The van der Waals surface area contributed by atoms with Crippen molar-refractivity contribution in [2.75, 3.05) is 11.9 Å². The molecule has 0 aliphatic heterocycles. The van der Waals surface area contributed by atoms with E-state index in [1.54, 1.807) is 25.1 Å². The maximum atomic E-state index is 11.9. The Kier molecular flexibility index (Phi) is 7.44. The van der Waals surface area contributed by atoms with Gasteiger partial charge < -0.3 is 15.4 Å². The summed E-state index contributed by atoms with van der Waals surface area (Å²) in [7, 11) is 0. The summed E-state index contributed by atoms with van der Waals surface area (Å²) in [5.74, 6) is -0.446. The molecule has 0 saturated carbocycles. The van der Waals surface area contributed by atoms with Crippen LogP contribution < -0.4 is 10.6 Å². The van der Waals surface area contributed by atoms with E-state index in [2.05, 4.69) is 41.8 Å². The second-order valence-electron chi connectivity index (χ2n) is 6.71. The molecule has 0 aliphatic carbocycles. The van der Waals surface area contributed by atoms with E-state index in [1.807, 2.05) is 30.3 Å². The predicted octanol–water partition coefficient (Wildman–Crippen LogP) is 5.90. The van der Waals surface area contributed by atoms with Crippen LogP contribution in [0.25, 0.3) is 0 Å². The fourth-order valence-corrected chi connectivity index (χ4v) is 3.66. The summed E-state index contributed by atoms with van der Waals surface area (Å²) in [5.41, 5.74) is 4.42. The Hall–Kier alpha value is -2.89. The predicted molar refractivity (Wildman–Crippen MR) is 126 cm³/mol. The van der Waals surface area contributed by atoms with Gasteiger partial charge in [0.15, 0.2) is 5.11 Å². The van der Waals surface area contributed by atoms with Gasteiger partial charge in [0.1, 0.15) is 0 Å². The number of halogens is 1. The lowest BCUT2D eigenvalue weighted by Crippen LogP contribution is -2.33. The number of ether oxygens (including phenoxy) is 1. The molecular formula is C24H23ClN2O2S. The summed E-state index contributed by atoms with van der Waals surface area (Å²) in [6.07, 6.45) is 0. The maximum Gasteiger partial charge on any atom is 0.339 e. The third kappa shape index (κ3) is 5.38. The lowest BCUT2D eigenvalue weighted by molar-refractivity contribution is 0.0526. The molecule has 0 bridgehead atoms. The van der Waals surface area contributed by atoms with Gasteiger partial charge in [-0.15, -0.1) is 0 Å². The van der Waals surface area contributed by atoms with Crippen molar-refractivity contribution < 1.29 is 9.53 Å². The zero-order valence-electron chi connectivity index (χ0n) is 16.8. The van der Waals surface area contributed by atoms with Crippen LogP contribution in [-0.4, -0.2) is 17.7 Å². The molecule has 0 spiro atoms. The molecule has 1 atom stereocenters. The van der Waals surface area contributed by atoms with E-state index in [0.29, 0.717) is 28.0 Å². The molecule has 0 amide bonds. The number of esters is 1. The molecular weight excluding hydrogens is 416 g/mol. The van der Waals surface area contributed by atoms with Gasteiger partial charge in [0.2, 0.25) is 0 Å². The van der Waals surface area contributed by atoms with Crippen LogP contribution in [0.3, 0.4) is 0 Å². The van der Waals surface area contributed by atoms with E-state index in [-0.39, 0.29) is 6.04 Å². The van der Waals surface area contributed by atoms with Crippen LogP contribution in [0.15, 0.2) is 72.8 Å². The normalized spacial score (nSPS) is 11.4. The van der Waals surface area contributed by atoms with Crippen molar-refractivity contribution in [1.82, 2.24) is 5.32 Å². The van der Waals surface area contributed by atoms with Gasteiger partial charge in [-0.05, 0) is 61.0 Å². The zero-order valence-corrected chi connectivity index (χ0v) is 18.4. The third-order valence-corrected chi connectivity index (χ3v) is 5.16. The van der Waals surface area contributed by atoms with E-state index < -0.39 is 5.97 Å². The van der Waals surface area contributed by atoms with Gasteiger partial charge >= 0.3 is 5.97 Å². The van der Waals surface area contributed by atoms with Crippen LogP contribution in [0.1, 0.15) is 40.0 Å². The minimum atomic E-state index is -0.446. The fraction of sp³-hybridized carbons (Fsp3) is 0.167. The molecule has 0 radical (unpaired) electrons. The molecule has 0 heterocycles. The first kappa shape index (κ1) is 21.8. The van der Waals surface area contributed by atoms with Gasteiger partial charge in [-0.2, -0.15) is 0 Å². The van der Waals surface area contributed by atoms with Crippen LogP contribution in [0.5, 0.6) is 0 Å². The smallest absolute Gasteiger partial charge is 0.339 e. The molecule has 0 saturated heterocycles. The van der Waals surface area contributed by atoms with Gasteiger partial charge in [-0.1, -0.05) is 66.2 Å². The monoisotopic (exact) mass is 438 g/mol. The SMILES string of the molecule is CCOC(=O)c1ccc(NC(=S)N[C@@H](c2ccccc2)c2ccccc2C)cc1Cl. The Morgan fingerprint density at radius 1 is 1.07 bits per heavy atom. The first-order valence-electron chi connectivity index (χ1n) is 9.64. The Balaban J connectivity index is 1.79. The molecule has 0 fully saturated rings. The zero-order chi connectivity index (χ0) is 21.5. The van der Waals surface area contributed by atoms with Crippen molar-refractivity contribution in [2.45, 2.75) is 19.9 Å². The summed E-state index contributed by atoms with van der Waals surface area (Å²) in [6.45, 7) is 4.13. The second-order valence-corrected chi connectivity index (χ2v) is 7.53. The van der Waals surface area contributed by atoms with Crippen molar-refractivity contribution >= 4 is 40.6 Å². The highest BCUT2D eigenvalue weighted by Gasteiger charge is 2.17. The standard InChI is InChI=1S/C24H23ClN2O2S/c1-3-29-23(28)20-14-13-18(15-21(20)25)26-24(30)27-22(17-10-5-4-6-11-17)19-12-8-7-9-16(19)2/h4-15,22H,3H2,1-2H3,(H2,26,27,30)/t22-/m0/s1. The molecule has 154 valence electrons. The number of benzene rings is 3. The molecule has 0 unspecified atom stereocenters. The number of carbonyl (C=O) groups excluding carboxylic acids is 1. The van der Waals surface area contributed by atoms with Gasteiger partial charge in [0, 0.05) is 5.69 Å². The Morgan fingerprint density at radius 2 is 1.77 bits per heavy atom. The Labute approximate surface area is 187 Å². The van der Waals surface area contributed by atoms with Crippen molar-refractivity contribution in [3.05, 3.63) is 100 Å². The number of hydrogen-bond acceptors (Lipinski definition) is 3. The molecule has 3 aromatic carbocycles. The number of anilines is 1. The highest BCUT2D eigenvalue weighted by atomic mass is 35.5. The Bertz CT molecular complexity index is 1040. The highest BCUT2D eigenvalue weighted by Crippen LogP contribution is 2.26. The van der Waals surface area contributed by atoms with E-state index in [4.69, 9.17) is 28.6 Å². The minimum absolute atomic E-state index is 0.110. The maximum absolute atomic E-state index is 11.9. The molecule has 3 aromatic rings. The first-order chi connectivity index (χ1) is 14.5. The van der Waals surface area contributed by atoms with Gasteiger partial charge in [0.05, 0.1) is 23.2 Å². The van der Waals surface area contributed by atoms with Gasteiger partial charge in [-0.25, -0.2) is 4.79 Å². The van der Waals surface area contributed by atoms with E-state index in [0.717, 1.165) is 11.1 Å². The van der Waals surface area contributed by atoms with Crippen LogP contribution in [0, 0.1) is 6.92 Å². The number of rotatable bonds is 6. The first-order valence-corrected chi connectivity index (χ1v) is 10.4. The summed E-state index contributed by atoms with van der Waals surface area (Å²) in [6, 6.07) is 23.3. The molecule has 0 aromatic heterocycles. The van der Waals surface area contributed by atoms with Crippen LogP contribution in [0.4, 0.5) is 5.69 Å². The minimum Gasteiger partial charge on any atom is -0.462 e. The lowest BCUT2D eigenvalue weighted by Gasteiger charge is -2.23.